The topological polar surface area (TPSA) is 55.6 Å². The standard InChI is InChI=1S/C16H30N2O2/c1-2-20-15-9-11-18(12-10-15)16(19)8-5-13-3-6-14(17)7-4-13/h13-15H,2-12,17H2,1H3. The lowest BCUT2D eigenvalue weighted by atomic mass is 9.83. The molecule has 0 atom stereocenters. The first-order valence-corrected chi connectivity index (χ1v) is 8.34. The van der Waals surface area contributed by atoms with Gasteiger partial charge in [0.25, 0.3) is 0 Å². The second-order valence-corrected chi connectivity index (χ2v) is 6.35. The van der Waals surface area contributed by atoms with E-state index in [0.717, 1.165) is 64.1 Å². The SMILES string of the molecule is CCOC1CCN(C(=O)CCC2CCC(N)CC2)CC1. The molecule has 0 aromatic rings. The summed E-state index contributed by atoms with van der Waals surface area (Å²) in [6.45, 7) is 4.56. The molecular formula is C16H30N2O2. The van der Waals surface area contributed by atoms with Crippen LogP contribution in [-0.2, 0) is 9.53 Å². The summed E-state index contributed by atoms with van der Waals surface area (Å²) in [4.78, 5) is 14.3. The van der Waals surface area contributed by atoms with Gasteiger partial charge in [-0.3, -0.25) is 4.79 Å². The van der Waals surface area contributed by atoms with Crippen LogP contribution in [0.5, 0.6) is 0 Å². The van der Waals surface area contributed by atoms with Crippen LogP contribution in [0, 0.1) is 5.92 Å². The Bertz CT molecular complexity index is 293. The second-order valence-electron chi connectivity index (χ2n) is 6.35. The molecule has 0 bridgehead atoms. The molecule has 1 aliphatic carbocycles. The molecule has 4 heteroatoms. The van der Waals surface area contributed by atoms with Crippen molar-refractivity contribution in [1.82, 2.24) is 4.90 Å². The van der Waals surface area contributed by atoms with Crippen LogP contribution < -0.4 is 5.73 Å². The molecule has 20 heavy (non-hydrogen) atoms. The third kappa shape index (κ3) is 4.74. The lowest BCUT2D eigenvalue weighted by Crippen LogP contribution is -2.41. The van der Waals surface area contributed by atoms with Crippen LogP contribution >= 0.6 is 0 Å². The Balaban J connectivity index is 1.63. The first-order chi connectivity index (χ1) is 9.69. The summed E-state index contributed by atoms with van der Waals surface area (Å²) in [5, 5.41) is 0. The zero-order valence-corrected chi connectivity index (χ0v) is 12.9. The largest absolute Gasteiger partial charge is 0.378 e. The predicted octanol–water partition coefficient (Wildman–Crippen LogP) is 2.31. The molecule has 2 fully saturated rings. The minimum absolute atomic E-state index is 0.342. The van der Waals surface area contributed by atoms with Crippen LogP contribution in [0.25, 0.3) is 0 Å². The van der Waals surface area contributed by atoms with Gasteiger partial charge in [0, 0.05) is 32.2 Å². The molecule has 0 aromatic heterocycles. The van der Waals surface area contributed by atoms with Gasteiger partial charge in [0.05, 0.1) is 6.10 Å². The molecule has 1 heterocycles. The van der Waals surface area contributed by atoms with Gasteiger partial charge >= 0.3 is 0 Å². The van der Waals surface area contributed by atoms with Crippen molar-refractivity contribution in [3.63, 3.8) is 0 Å². The molecule has 0 radical (unpaired) electrons. The van der Waals surface area contributed by atoms with E-state index < -0.39 is 0 Å². The highest BCUT2D eigenvalue weighted by Gasteiger charge is 2.24. The van der Waals surface area contributed by atoms with E-state index in [1.54, 1.807) is 0 Å². The average Bonchev–Trinajstić information content (AvgIpc) is 2.47. The molecule has 2 N–H and O–H groups in total. The maximum atomic E-state index is 12.2. The molecule has 2 rings (SSSR count). The number of piperidine rings is 1. The van der Waals surface area contributed by atoms with Gasteiger partial charge in [0.2, 0.25) is 5.91 Å². The van der Waals surface area contributed by atoms with Gasteiger partial charge < -0.3 is 15.4 Å². The highest BCUT2D eigenvalue weighted by atomic mass is 16.5. The number of nitrogens with two attached hydrogens (primary N) is 1. The Morgan fingerprint density at radius 3 is 2.40 bits per heavy atom. The summed E-state index contributed by atoms with van der Waals surface area (Å²) >= 11 is 0. The highest BCUT2D eigenvalue weighted by Crippen LogP contribution is 2.27. The van der Waals surface area contributed by atoms with Crippen molar-refractivity contribution in [3.05, 3.63) is 0 Å². The van der Waals surface area contributed by atoms with Crippen molar-refractivity contribution in [3.8, 4) is 0 Å². The number of nitrogens with zero attached hydrogens (tertiary/aromatic N) is 1. The van der Waals surface area contributed by atoms with Crippen LogP contribution in [0.1, 0.15) is 58.3 Å². The molecule has 2 aliphatic rings. The summed E-state index contributed by atoms with van der Waals surface area (Å²) in [6, 6.07) is 0.402. The van der Waals surface area contributed by atoms with Gasteiger partial charge in [-0.2, -0.15) is 0 Å². The molecule has 1 amide bonds. The van der Waals surface area contributed by atoms with Gasteiger partial charge in [-0.05, 0) is 57.8 Å². The maximum Gasteiger partial charge on any atom is 0.222 e. The Morgan fingerprint density at radius 1 is 1.15 bits per heavy atom. The first-order valence-electron chi connectivity index (χ1n) is 8.34. The summed E-state index contributed by atoms with van der Waals surface area (Å²) in [5.74, 6) is 1.06. The van der Waals surface area contributed by atoms with E-state index >= 15 is 0 Å². The van der Waals surface area contributed by atoms with E-state index in [9.17, 15) is 4.79 Å². The summed E-state index contributed by atoms with van der Waals surface area (Å²) in [5.41, 5.74) is 5.92. The third-order valence-corrected chi connectivity index (χ3v) is 4.85. The third-order valence-electron chi connectivity index (χ3n) is 4.85. The van der Waals surface area contributed by atoms with E-state index in [0.29, 0.717) is 18.1 Å². The molecule has 0 unspecified atom stereocenters. The van der Waals surface area contributed by atoms with Crippen molar-refractivity contribution in [2.75, 3.05) is 19.7 Å². The summed E-state index contributed by atoms with van der Waals surface area (Å²) in [6.07, 6.45) is 8.83. The summed E-state index contributed by atoms with van der Waals surface area (Å²) < 4.78 is 5.63. The quantitative estimate of drug-likeness (QED) is 0.842. The number of ether oxygens (including phenoxy) is 1. The van der Waals surface area contributed by atoms with E-state index in [2.05, 4.69) is 0 Å². The Labute approximate surface area is 123 Å². The van der Waals surface area contributed by atoms with Crippen LogP contribution in [0.4, 0.5) is 0 Å². The van der Waals surface area contributed by atoms with Gasteiger partial charge in [-0.15, -0.1) is 0 Å². The van der Waals surface area contributed by atoms with E-state index in [-0.39, 0.29) is 0 Å². The lowest BCUT2D eigenvalue weighted by molar-refractivity contribution is -0.134. The van der Waals surface area contributed by atoms with Crippen LogP contribution in [0.2, 0.25) is 0 Å². The molecule has 4 nitrogen and oxygen atoms in total. The fourth-order valence-electron chi connectivity index (χ4n) is 3.47. The van der Waals surface area contributed by atoms with Crippen molar-refractivity contribution in [2.24, 2.45) is 11.7 Å². The number of rotatable bonds is 5. The van der Waals surface area contributed by atoms with E-state index in [4.69, 9.17) is 10.5 Å². The van der Waals surface area contributed by atoms with Gasteiger partial charge in [0.1, 0.15) is 0 Å². The normalized spacial score (nSPS) is 28.6. The minimum Gasteiger partial charge on any atom is -0.378 e. The Morgan fingerprint density at radius 2 is 1.80 bits per heavy atom. The molecule has 0 spiro atoms. The lowest BCUT2D eigenvalue weighted by Gasteiger charge is -2.32. The van der Waals surface area contributed by atoms with Gasteiger partial charge in [0.15, 0.2) is 0 Å². The first kappa shape index (κ1) is 15.8. The molecule has 1 aliphatic heterocycles. The van der Waals surface area contributed by atoms with Crippen LogP contribution in [0.3, 0.4) is 0 Å². The Kier molecular flexibility index (Phi) is 6.30. The Hall–Kier alpha value is -0.610. The van der Waals surface area contributed by atoms with Gasteiger partial charge in [-0.25, -0.2) is 0 Å². The zero-order valence-electron chi connectivity index (χ0n) is 12.9. The van der Waals surface area contributed by atoms with Crippen molar-refractivity contribution >= 4 is 5.91 Å². The zero-order chi connectivity index (χ0) is 14.4. The fourth-order valence-corrected chi connectivity index (χ4v) is 3.47. The average molecular weight is 282 g/mol. The van der Waals surface area contributed by atoms with Crippen LogP contribution in [0.15, 0.2) is 0 Å². The number of carbonyl (C=O) groups excluding carboxylic acids is 1. The van der Waals surface area contributed by atoms with E-state index in [1.165, 1.54) is 12.8 Å². The number of likely N-dealkylation sites (tertiary alicyclic amines) is 1. The van der Waals surface area contributed by atoms with Gasteiger partial charge in [-0.1, -0.05) is 0 Å². The molecule has 1 saturated heterocycles. The molecule has 1 saturated carbocycles. The van der Waals surface area contributed by atoms with E-state index in [1.807, 2.05) is 11.8 Å². The molecular weight excluding hydrogens is 252 g/mol. The number of carbonyl (C=O) groups is 1. The highest BCUT2D eigenvalue weighted by molar-refractivity contribution is 5.76. The van der Waals surface area contributed by atoms with Crippen molar-refractivity contribution in [2.45, 2.75) is 70.4 Å². The fraction of sp³-hybridized carbons (Fsp3) is 0.938. The smallest absolute Gasteiger partial charge is 0.222 e. The maximum absolute atomic E-state index is 12.2. The minimum atomic E-state index is 0.342. The monoisotopic (exact) mass is 282 g/mol. The summed E-state index contributed by atoms with van der Waals surface area (Å²) in [7, 11) is 0. The number of hydrogen-bond acceptors (Lipinski definition) is 3. The number of hydrogen-bond donors (Lipinski definition) is 1. The molecule has 116 valence electrons. The molecule has 0 aromatic carbocycles. The van der Waals surface area contributed by atoms with Crippen LogP contribution in [-0.4, -0.2) is 42.6 Å². The van der Waals surface area contributed by atoms with Crippen molar-refractivity contribution in [1.29, 1.82) is 0 Å². The number of amides is 1. The van der Waals surface area contributed by atoms with Crippen molar-refractivity contribution < 1.29 is 9.53 Å². The second kappa shape index (κ2) is 7.99. The predicted molar refractivity (Wildman–Crippen MR) is 80.4 cm³/mol.